The van der Waals surface area contributed by atoms with E-state index in [1.54, 1.807) is 30.7 Å². The summed E-state index contributed by atoms with van der Waals surface area (Å²) in [5.74, 6) is 0. The molecule has 0 aliphatic carbocycles. The fourth-order valence-electron chi connectivity index (χ4n) is 1.27. The average molecular weight is 396 g/mol. The molecule has 1 aromatic carbocycles. The normalized spacial score (nSPS) is 11.0. The number of ether oxygens (including phenoxy) is 1. The zero-order valence-electron chi connectivity index (χ0n) is 11.2. The predicted molar refractivity (Wildman–Crippen MR) is 87.3 cm³/mol. The highest BCUT2D eigenvalue weighted by molar-refractivity contribution is 9.10. The van der Waals surface area contributed by atoms with Crippen molar-refractivity contribution in [2.45, 2.75) is 20.0 Å². The van der Waals surface area contributed by atoms with Crippen LogP contribution in [0.1, 0.15) is 19.4 Å². The molecule has 0 radical (unpaired) electrons. The maximum Gasteiger partial charge on any atom is 0.422 e. The highest BCUT2D eigenvalue weighted by atomic mass is 79.9. The van der Waals surface area contributed by atoms with Gasteiger partial charge in [0.15, 0.2) is 0 Å². The van der Waals surface area contributed by atoms with Gasteiger partial charge >= 0.3 is 16.3 Å². The molecule has 7 nitrogen and oxygen atoms in total. The summed E-state index contributed by atoms with van der Waals surface area (Å²) < 4.78 is 32.6. The molecule has 1 amide bonds. The fourth-order valence-corrected chi connectivity index (χ4v) is 2.79. The number of anilines is 1. The minimum Gasteiger partial charge on any atom is -0.446 e. The lowest BCUT2D eigenvalue weighted by atomic mass is 10.2. The Bertz CT molecular complexity index is 661. The molecule has 0 aliphatic heterocycles. The third-order valence-electron chi connectivity index (χ3n) is 2.06. The van der Waals surface area contributed by atoms with Crippen molar-refractivity contribution in [2.75, 3.05) is 4.72 Å². The van der Waals surface area contributed by atoms with Gasteiger partial charge in [0.2, 0.25) is 0 Å². The van der Waals surface area contributed by atoms with Gasteiger partial charge in [-0.05, 0) is 48.0 Å². The second kappa shape index (κ2) is 7.05. The SMILES string of the molecule is CC(C)OC(=O)NS(=O)(=O)Nc1ccc(C(N)=S)cc1Br. The molecule has 0 aliphatic rings. The molecule has 0 unspecified atom stereocenters. The van der Waals surface area contributed by atoms with Crippen LogP contribution in [0, 0.1) is 0 Å². The first-order valence-electron chi connectivity index (χ1n) is 5.71. The second-order valence-corrected chi connectivity index (χ2v) is 6.93. The quantitative estimate of drug-likeness (QED) is 0.656. The molecular weight excluding hydrogens is 382 g/mol. The third kappa shape index (κ3) is 5.86. The Morgan fingerprint density at radius 2 is 2.05 bits per heavy atom. The Morgan fingerprint density at radius 1 is 1.43 bits per heavy atom. The van der Waals surface area contributed by atoms with Gasteiger partial charge in [0.1, 0.15) is 4.99 Å². The maximum atomic E-state index is 11.8. The number of thiocarbonyl (C=S) groups is 1. The highest BCUT2D eigenvalue weighted by Crippen LogP contribution is 2.24. The number of carbonyl (C=O) groups is 1. The second-order valence-electron chi connectivity index (χ2n) is 4.22. The van der Waals surface area contributed by atoms with Crippen molar-refractivity contribution in [3.8, 4) is 0 Å². The Morgan fingerprint density at radius 3 is 2.52 bits per heavy atom. The Labute approximate surface area is 136 Å². The van der Waals surface area contributed by atoms with Gasteiger partial charge in [-0.15, -0.1) is 0 Å². The monoisotopic (exact) mass is 395 g/mol. The topological polar surface area (TPSA) is 111 Å². The number of hydrogen-bond donors (Lipinski definition) is 3. The molecule has 10 heteroatoms. The molecule has 0 saturated carbocycles. The van der Waals surface area contributed by atoms with Crippen molar-refractivity contribution >= 4 is 55.1 Å². The smallest absolute Gasteiger partial charge is 0.422 e. The van der Waals surface area contributed by atoms with E-state index in [2.05, 4.69) is 20.7 Å². The summed E-state index contributed by atoms with van der Waals surface area (Å²) in [7, 11) is -4.10. The average Bonchev–Trinajstić information content (AvgIpc) is 2.29. The predicted octanol–water partition coefficient (Wildman–Crippen LogP) is 1.87. The van der Waals surface area contributed by atoms with Gasteiger partial charge < -0.3 is 10.5 Å². The van der Waals surface area contributed by atoms with Gasteiger partial charge in [-0.2, -0.15) is 8.42 Å². The molecule has 21 heavy (non-hydrogen) atoms. The van der Waals surface area contributed by atoms with Crippen LogP contribution in [0.2, 0.25) is 0 Å². The van der Waals surface area contributed by atoms with Crippen LogP contribution in [-0.4, -0.2) is 25.6 Å². The van der Waals surface area contributed by atoms with E-state index in [1.165, 1.54) is 6.07 Å². The Balaban J connectivity index is 2.85. The number of rotatable bonds is 5. The Hall–Kier alpha value is -1.39. The van der Waals surface area contributed by atoms with E-state index in [9.17, 15) is 13.2 Å². The molecule has 1 rings (SSSR count). The largest absolute Gasteiger partial charge is 0.446 e. The molecule has 0 aromatic heterocycles. The molecule has 0 fully saturated rings. The van der Waals surface area contributed by atoms with E-state index < -0.39 is 22.4 Å². The molecule has 4 N–H and O–H groups in total. The van der Waals surface area contributed by atoms with Gasteiger partial charge in [0.25, 0.3) is 0 Å². The van der Waals surface area contributed by atoms with Crippen LogP contribution in [-0.2, 0) is 14.9 Å². The zero-order chi connectivity index (χ0) is 16.2. The standard InChI is InChI=1S/C11H14BrN3O4S2/c1-6(2)19-11(16)15-21(17,18)14-9-4-3-7(10(13)20)5-8(9)12/h3-6,14H,1-2H3,(H2,13,20)(H,15,16). The molecule has 0 spiro atoms. The summed E-state index contributed by atoms with van der Waals surface area (Å²) in [4.78, 5) is 11.5. The van der Waals surface area contributed by atoms with Crippen molar-refractivity contribution in [1.82, 2.24) is 4.72 Å². The van der Waals surface area contributed by atoms with E-state index >= 15 is 0 Å². The van der Waals surface area contributed by atoms with Crippen molar-refractivity contribution in [1.29, 1.82) is 0 Å². The molecule has 0 atom stereocenters. The lowest BCUT2D eigenvalue weighted by molar-refractivity contribution is 0.121. The van der Waals surface area contributed by atoms with Gasteiger partial charge in [-0.1, -0.05) is 12.2 Å². The number of nitrogens with one attached hydrogen (secondary N) is 2. The summed E-state index contributed by atoms with van der Waals surface area (Å²) in [5, 5.41) is 0. The molecule has 1 aromatic rings. The van der Waals surface area contributed by atoms with E-state index in [4.69, 9.17) is 22.7 Å². The minimum absolute atomic E-state index is 0.184. The lowest BCUT2D eigenvalue weighted by Crippen LogP contribution is -2.36. The number of benzene rings is 1. The van der Waals surface area contributed by atoms with Crippen LogP contribution in [0.3, 0.4) is 0 Å². The molecular formula is C11H14BrN3O4S2. The van der Waals surface area contributed by atoms with Crippen LogP contribution < -0.4 is 15.2 Å². The first-order chi connectivity index (χ1) is 9.60. The number of halogens is 1. The minimum atomic E-state index is -4.10. The Kier molecular flexibility index (Phi) is 5.93. The van der Waals surface area contributed by atoms with Crippen LogP contribution in [0.15, 0.2) is 22.7 Å². The zero-order valence-corrected chi connectivity index (χ0v) is 14.4. The summed E-state index contributed by atoms with van der Waals surface area (Å²) in [6.45, 7) is 3.20. The summed E-state index contributed by atoms with van der Waals surface area (Å²) in [5.41, 5.74) is 6.27. The van der Waals surface area contributed by atoms with Gasteiger partial charge in [-0.25, -0.2) is 9.52 Å². The van der Waals surface area contributed by atoms with Crippen LogP contribution in [0.25, 0.3) is 0 Å². The summed E-state index contributed by atoms with van der Waals surface area (Å²) in [6, 6.07) is 4.58. The van der Waals surface area contributed by atoms with Gasteiger partial charge in [-0.3, -0.25) is 4.72 Å². The van der Waals surface area contributed by atoms with E-state index in [0.29, 0.717) is 10.0 Å². The van der Waals surface area contributed by atoms with Crippen molar-refractivity contribution in [3.05, 3.63) is 28.2 Å². The number of amides is 1. The first kappa shape index (κ1) is 17.7. The van der Waals surface area contributed by atoms with Gasteiger partial charge in [0.05, 0.1) is 11.8 Å². The number of nitrogens with two attached hydrogens (primary N) is 1. The maximum absolute atomic E-state index is 11.8. The number of carbonyl (C=O) groups excluding carboxylic acids is 1. The molecule has 0 heterocycles. The lowest BCUT2D eigenvalue weighted by Gasteiger charge is -2.13. The van der Waals surface area contributed by atoms with Crippen molar-refractivity contribution < 1.29 is 17.9 Å². The van der Waals surface area contributed by atoms with E-state index in [1.807, 2.05) is 0 Å². The van der Waals surface area contributed by atoms with Crippen LogP contribution in [0.4, 0.5) is 10.5 Å². The molecule has 0 saturated heterocycles. The summed E-state index contributed by atoms with van der Waals surface area (Å²) in [6.07, 6.45) is -1.50. The molecule has 0 bridgehead atoms. The van der Waals surface area contributed by atoms with E-state index in [-0.39, 0.29) is 10.7 Å². The van der Waals surface area contributed by atoms with Gasteiger partial charge in [0, 0.05) is 10.0 Å². The van der Waals surface area contributed by atoms with Crippen molar-refractivity contribution in [3.63, 3.8) is 0 Å². The molecule has 116 valence electrons. The van der Waals surface area contributed by atoms with Crippen LogP contribution >= 0.6 is 28.1 Å². The highest BCUT2D eigenvalue weighted by Gasteiger charge is 2.17. The van der Waals surface area contributed by atoms with E-state index in [0.717, 1.165) is 0 Å². The number of hydrogen-bond acceptors (Lipinski definition) is 5. The fraction of sp³-hybridized carbons (Fsp3) is 0.273. The van der Waals surface area contributed by atoms with Crippen LogP contribution in [0.5, 0.6) is 0 Å². The summed E-state index contributed by atoms with van der Waals surface area (Å²) >= 11 is 8.01. The van der Waals surface area contributed by atoms with Crippen molar-refractivity contribution in [2.24, 2.45) is 5.73 Å². The first-order valence-corrected chi connectivity index (χ1v) is 8.39. The third-order valence-corrected chi connectivity index (χ3v) is 3.87.